The van der Waals surface area contributed by atoms with Gasteiger partial charge in [0.05, 0.1) is 6.04 Å². The average Bonchev–Trinajstić information content (AvgIpc) is 2.82. The standard InChI is InChI=1S/C21H37NO4Si/c1-20(2,3)26-19(24)22-18-10-14(9-15-11-16(23)12-17(15)18)13-25-27(7,8)21(4,5)6/h12,14-15,18H,9-11,13H2,1-8H3,(H,22,24)/t14-,15-,18-/m0/s1. The summed E-state index contributed by atoms with van der Waals surface area (Å²) in [5, 5.41) is 3.17. The summed E-state index contributed by atoms with van der Waals surface area (Å²) >= 11 is 0. The fourth-order valence-corrected chi connectivity index (χ4v) is 4.65. The van der Waals surface area contributed by atoms with Crippen LogP contribution < -0.4 is 5.32 Å². The van der Waals surface area contributed by atoms with Gasteiger partial charge in [-0.15, -0.1) is 0 Å². The molecule has 0 heterocycles. The Morgan fingerprint density at radius 3 is 2.37 bits per heavy atom. The van der Waals surface area contributed by atoms with E-state index in [1.807, 2.05) is 20.8 Å². The number of hydrogen-bond donors (Lipinski definition) is 1. The number of carbonyl (C=O) groups excluding carboxylic acids is 2. The van der Waals surface area contributed by atoms with Crippen molar-refractivity contribution in [1.82, 2.24) is 5.32 Å². The zero-order chi connectivity index (χ0) is 20.6. The lowest BCUT2D eigenvalue weighted by Gasteiger charge is -2.40. The van der Waals surface area contributed by atoms with Crippen molar-refractivity contribution in [2.45, 2.75) is 90.6 Å². The van der Waals surface area contributed by atoms with Gasteiger partial charge in [-0.1, -0.05) is 20.8 Å². The van der Waals surface area contributed by atoms with Crippen molar-refractivity contribution in [3.05, 3.63) is 11.6 Å². The maximum Gasteiger partial charge on any atom is 0.408 e. The second-order valence-corrected chi connectivity index (χ2v) is 15.4. The number of fused-ring (bicyclic) bond motifs is 1. The summed E-state index contributed by atoms with van der Waals surface area (Å²) in [7, 11) is -1.82. The smallest absolute Gasteiger partial charge is 0.408 e. The first kappa shape index (κ1) is 22.1. The molecule has 1 N–H and O–H groups in total. The van der Waals surface area contributed by atoms with Crippen molar-refractivity contribution in [2.75, 3.05) is 6.61 Å². The predicted octanol–water partition coefficient (Wildman–Crippen LogP) is 4.83. The molecule has 0 saturated heterocycles. The van der Waals surface area contributed by atoms with Gasteiger partial charge in [0.25, 0.3) is 0 Å². The van der Waals surface area contributed by atoms with Gasteiger partial charge in [-0.05, 0) is 75.2 Å². The summed E-state index contributed by atoms with van der Waals surface area (Å²) in [5.41, 5.74) is 0.525. The van der Waals surface area contributed by atoms with Gasteiger partial charge in [0.15, 0.2) is 14.1 Å². The summed E-state index contributed by atoms with van der Waals surface area (Å²) in [5.74, 6) is 0.725. The number of amides is 1. The number of hydrogen-bond acceptors (Lipinski definition) is 4. The van der Waals surface area contributed by atoms with Gasteiger partial charge in [-0.25, -0.2) is 4.79 Å². The molecule has 2 aliphatic rings. The summed E-state index contributed by atoms with van der Waals surface area (Å²) in [6, 6.07) is -0.141. The summed E-state index contributed by atoms with van der Waals surface area (Å²) in [6.45, 7) is 17.5. The lowest BCUT2D eigenvalue weighted by atomic mass is 9.76. The first-order chi connectivity index (χ1) is 12.2. The maximum absolute atomic E-state index is 12.3. The van der Waals surface area contributed by atoms with Crippen LogP contribution in [0.15, 0.2) is 11.6 Å². The van der Waals surface area contributed by atoms with Crippen LogP contribution in [0.2, 0.25) is 18.1 Å². The zero-order valence-electron chi connectivity index (χ0n) is 18.3. The topological polar surface area (TPSA) is 64.6 Å². The Morgan fingerprint density at radius 2 is 1.81 bits per heavy atom. The van der Waals surface area contributed by atoms with E-state index in [4.69, 9.17) is 9.16 Å². The van der Waals surface area contributed by atoms with Crippen LogP contribution >= 0.6 is 0 Å². The van der Waals surface area contributed by atoms with E-state index in [0.717, 1.165) is 18.4 Å². The predicted molar refractivity (Wildman–Crippen MR) is 110 cm³/mol. The number of nitrogens with one attached hydrogen (secondary N) is 1. The van der Waals surface area contributed by atoms with Crippen molar-refractivity contribution >= 4 is 20.2 Å². The van der Waals surface area contributed by atoms with Crippen molar-refractivity contribution in [3.8, 4) is 0 Å². The molecule has 0 unspecified atom stereocenters. The van der Waals surface area contributed by atoms with Gasteiger partial charge in [0.2, 0.25) is 0 Å². The second-order valence-electron chi connectivity index (χ2n) is 10.6. The molecule has 2 rings (SSSR count). The number of ketones is 1. The largest absolute Gasteiger partial charge is 0.444 e. The van der Waals surface area contributed by atoms with Gasteiger partial charge >= 0.3 is 6.09 Å². The van der Waals surface area contributed by atoms with E-state index in [1.165, 1.54) is 0 Å². The highest BCUT2D eigenvalue weighted by atomic mass is 28.4. The molecule has 0 aromatic carbocycles. The van der Waals surface area contributed by atoms with Crippen molar-refractivity contribution in [1.29, 1.82) is 0 Å². The monoisotopic (exact) mass is 395 g/mol. The number of ether oxygens (including phenoxy) is 1. The van der Waals surface area contributed by atoms with Crippen LogP contribution in [0.3, 0.4) is 0 Å². The Hall–Kier alpha value is -1.14. The molecule has 0 radical (unpaired) electrons. The Bertz CT molecular complexity index is 613. The molecular formula is C21H37NO4Si. The molecule has 3 atom stereocenters. The van der Waals surface area contributed by atoms with Crippen LogP contribution in [-0.2, 0) is 14.0 Å². The van der Waals surface area contributed by atoms with Crippen molar-refractivity contribution < 1.29 is 18.8 Å². The fourth-order valence-electron chi connectivity index (χ4n) is 3.57. The number of carbonyl (C=O) groups is 2. The van der Waals surface area contributed by atoms with Crippen LogP contribution in [0.5, 0.6) is 0 Å². The Morgan fingerprint density at radius 1 is 1.19 bits per heavy atom. The van der Waals surface area contributed by atoms with E-state index >= 15 is 0 Å². The molecule has 27 heavy (non-hydrogen) atoms. The lowest BCUT2D eigenvalue weighted by molar-refractivity contribution is -0.114. The second kappa shape index (κ2) is 7.70. The van der Waals surface area contributed by atoms with E-state index in [2.05, 4.69) is 39.2 Å². The van der Waals surface area contributed by atoms with Gasteiger partial charge in [0.1, 0.15) is 5.60 Å². The molecule has 5 nitrogen and oxygen atoms in total. The quantitative estimate of drug-likeness (QED) is 0.693. The Labute approximate surface area is 165 Å². The highest BCUT2D eigenvalue weighted by molar-refractivity contribution is 6.74. The lowest BCUT2D eigenvalue weighted by Crippen LogP contribution is -2.46. The van der Waals surface area contributed by atoms with Crippen LogP contribution in [0.25, 0.3) is 0 Å². The normalized spacial score (nSPS) is 26.4. The number of alkyl carbamates (subject to hydrolysis) is 1. The first-order valence-electron chi connectivity index (χ1n) is 10.1. The number of allylic oxidation sites excluding steroid dienone is 1. The third-order valence-corrected chi connectivity index (χ3v) is 10.5. The minimum Gasteiger partial charge on any atom is -0.444 e. The summed E-state index contributed by atoms with van der Waals surface area (Å²) in [4.78, 5) is 24.3. The summed E-state index contributed by atoms with van der Waals surface area (Å²) in [6.07, 6.45) is 3.62. The van der Waals surface area contributed by atoms with Gasteiger partial charge < -0.3 is 14.5 Å². The molecule has 1 amide bonds. The molecule has 1 saturated carbocycles. The van der Waals surface area contributed by atoms with E-state index < -0.39 is 20.0 Å². The van der Waals surface area contributed by atoms with Gasteiger partial charge in [0, 0.05) is 13.0 Å². The highest BCUT2D eigenvalue weighted by Crippen LogP contribution is 2.42. The molecule has 0 spiro atoms. The Kier molecular flexibility index (Phi) is 6.32. The van der Waals surface area contributed by atoms with Crippen LogP contribution in [-0.4, -0.2) is 38.4 Å². The molecule has 0 aromatic rings. The van der Waals surface area contributed by atoms with Crippen LogP contribution in [0, 0.1) is 11.8 Å². The summed E-state index contributed by atoms with van der Waals surface area (Å²) < 4.78 is 11.9. The molecular weight excluding hydrogens is 358 g/mol. The third-order valence-electron chi connectivity index (χ3n) is 6.01. The van der Waals surface area contributed by atoms with Gasteiger partial charge in [-0.2, -0.15) is 0 Å². The molecule has 1 fully saturated rings. The minimum absolute atomic E-state index is 0.141. The van der Waals surface area contributed by atoms with Crippen LogP contribution in [0.4, 0.5) is 4.79 Å². The molecule has 0 aliphatic heterocycles. The van der Waals surface area contributed by atoms with Crippen molar-refractivity contribution in [2.24, 2.45) is 11.8 Å². The molecule has 2 aliphatic carbocycles. The van der Waals surface area contributed by atoms with E-state index in [1.54, 1.807) is 6.08 Å². The maximum atomic E-state index is 12.3. The highest BCUT2D eigenvalue weighted by Gasteiger charge is 2.41. The van der Waals surface area contributed by atoms with Gasteiger partial charge in [-0.3, -0.25) is 4.79 Å². The van der Waals surface area contributed by atoms with E-state index in [0.29, 0.717) is 18.9 Å². The zero-order valence-corrected chi connectivity index (χ0v) is 19.3. The molecule has 0 bridgehead atoms. The molecule has 0 aromatic heterocycles. The van der Waals surface area contributed by atoms with Crippen LogP contribution in [0.1, 0.15) is 60.8 Å². The molecule has 154 valence electrons. The average molecular weight is 396 g/mol. The fraction of sp³-hybridized carbons (Fsp3) is 0.810. The van der Waals surface area contributed by atoms with Crippen molar-refractivity contribution in [3.63, 3.8) is 0 Å². The number of rotatable bonds is 4. The molecule has 6 heteroatoms. The Balaban J connectivity index is 2.05. The third kappa shape index (κ3) is 5.91. The first-order valence-corrected chi connectivity index (χ1v) is 13.0. The minimum atomic E-state index is -1.82. The SMILES string of the molecule is CC(C)(C)OC(=O)N[C@H]1C[C@@H](CO[Si](C)(C)C(C)(C)C)C[C@H]2CC(=O)C=C21. The van der Waals surface area contributed by atoms with E-state index in [9.17, 15) is 9.59 Å². The van der Waals surface area contributed by atoms with E-state index in [-0.39, 0.29) is 22.8 Å².